The predicted octanol–water partition coefficient (Wildman–Crippen LogP) is 3.44. The van der Waals surface area contributed by atoms with Crippen LogP contribution in [-0.4, -0.2) is 59.3 Å². The van der Waals surface area contributed by atoms with Crippen molar-refractivity contribution in [1.82, 2.24) is 14.8 Å². The Kier molecular flexibility index (Phi) is 5.14. The smallest absolute Gasteiger partial charge is 0.256 e. The molecule has 6 nitrogen and oxygen atoms in total. The largest absolute Gasteiger partial charge is 0.358 e. The second-order valence-electron chi connectivity index (χ2n) is 8.66. The molecule has 0 bridgehead atoms. The Morgan fingerprint density at radius 1 is 1.10 bits per heavy atom. The molecular weight excluding hydrogens is 395 g/mol. The van der Waals surface area contributed by atoms with E-state index in [0.717, 1.165) is 68.1 Å². The van der Waals surface area contributed by atoms with Gasteiger partial charge in [-0.25, -0.2) is 4.39 Å². The molecule has 1 aromatic carbocycles. The number of H-pyrrole nitrogens is 1. The fourth-order valence-corrected chi connectivity index (χ4v) is 4.94. The van der Waals surface area contributed by atoms with Crippen LogP contribution in [0.5, 0.6) is 0 Å². The number of aromatic amines is 1. The number of halogens is 1. The van der Waals surface area contributed by atoms with Crippen LogP contribution in [0.25, 0.3) is 11.6 Å². The molecule has 0 aliphatic carbocycles. The Balaban J connectivity index is 1.44. The van der Waals surface area contributed by atoms with Crippen LogP contribution in [0.3, 0.4) is 0 Å². The van der Waals surface area contributed by atoms with Gasteiger partial charge < -0.3 is 20.1 Å². The number of nitrogens with one attached hydrogen (secondary N) is 2. The second kappa shape index (κ2) is 7.96. The van der Waals surface area contributed by atoms with Crippen molar-refractivity contribution in [1.29, 1.82) is 0 Å². The third-order valence-corrected chi connectivity index (χ3v) is 6.66. The van der Waals surface area contributed by atoms with E-state index < -0.39 is 0 Å². The highest BCUT2D eigenvalue weighted by Crippen LogP contribution is 2.35. The minimum absolute atomic E-state index is 0.0624. The first-order chi connectivity index (χ1) is 15.0. The summed E-state index contributed by atoms with van der Waals surface area (Å²) >= 11 is 0. The highest BCUT2D eigenvalue weighted by molar-refractivity contribution is 6.34. The average molecular weight is 423 g/mol. The summed E-state index contributed by atoms with van der Waals surface area (Å²) in [6.07, 6.45) is 5.93. The van der Waals surface area contributed by atoms with Gasteiger partial charge in [0.15, 0.2) is 0 Å². The SMILES string of the molecule is Cc1c(C=C2C(=O)Nc3ccc(F)cc32)[nH]c2c1C(=O)N(CCN1CCCC1)CCC2. The summed E-state index contributed by atoms with van der Waals surface area (Å²) in [5.74, 6) is -0.584. The normalized spacial score (nSPS) is 20.2. The van der Waals surface area contributed by atoms with Crippen molar-refractivity contribution < 1.29 is 14.0 Å². The van der Waals surface area contributed by atoms with Gasteiger partial charge in [-0.3, -0.25) is 9.59 Å². The third kappa shape index (κ3) is 3.67. The van der Waals surface area contributed by atoms with Crippen molar-refractivity contribution in [3.63, 3.8) is 0 Å². The van der Waals surface area contributed by atoms with Gasteiger partial charge in [0.05, 0.1) is 11.1 Å². The Morgan fingerprint density at radius 2 is 1.90 bits per heavy atom. The van der Waals surface area contributed by atoms with E-state index in [1.165, 1.54) is 25.0 Å². The molecule has 0 radical (unpaired) electrons. The molecule has 1 aromatic heterocycles. The fraction of sp³-hybridized carbons (Fsp3) is 0.417. The lowest BCUT2D eigenvalue weighted by Crippen LogP contribution is -2.38. The van der Waals surface area contributed by atoms with Crippen LogP contribution in [0, 0.1) is 12.7 Å². The van der Waals surface area contributed by atoms with Crippen LogP contribution in [-0.2, 0) is 11.2 Å². The summed E-state index contributed by atoms with van der Waals surface area (Å²) in [4.78, 5) is 33.6. The maximum absolute atomic E-state index is 13.8. The minimum Gasteiger partial charge on any atom is -0.358 e. The van der Waals surface area contributed by atoms with Gasteiger partial charge in [-0.2, -0.15) is 0 Å². The number of anilines is 1. The van der Waals surface area contributed by atoms with Crippen molar-refractivity contribution in [2.45, 2.75) is 32.6 Å². The first kappa shape index (κ1) is 20.0. The number of benzene rings is 1. The van der Waals surface area contributed by atoms with E-state index in [4.69, 9.17) is 0 Å². The van der Waals surface area contributed by atoms with Gasteiger partial charge >= 0.3 is 0 Å². The quantitative estimate of drug-likeness (QED) is 0.742. The number of aryl methyl sites for hydroxylation is 1. The molecule has 1 fully saturated rings. The molecule has 0 atom stereocenters. The van der Waals surface area contributed by atoms with E-state index in [2.05, 4.69) is 15.2 Å². The van der Waals surface area contributed by atoms with Crippen LogP contribution in [0.1, 0.15) is 52.1 Å². The molecule has 0 unspecified atom stereocenters. The van der Waals surface area contributed by atoms with Crippen molar-refractivity contribution in [2.75, 3.05) is 38.0 Å². The van der Waals surface area contributed by atoms with Gasteiger partial charge in [-0.15, -0.1) is 0 Å². The van der Waals surface area contributed by atoms with E-state index in [1.54, 1.807) is 12.1 Å². The lowest BCUT2D eigenvalue weighted by atomic mass is 10.0. The Morgan fingerprint density at radius 3 is 2.71 bits per heavy atom. The summed E-state index contributed by atoms with van der Waals surface area (Å²) < 4.78 is 13.8. The molecule has 5 rings (SSSR count). The van der Waals surface area contributed by atoms with Gasteiger partial charge in [-0.1, -0.05) is 0 Å². The zero-order valence-electron chi connectivity index (χ0n) is 17.8. The number of carbonyl (C=O) groups excluding carboxylic acids is 2. The summed E-state index contributed by atoms with van der Waals surface area (Å²) in [5, 5.41) is 2.78. The third-order valence-electron chi connectivity index (χ3n) is 6.66. The molecule has 2 aromatic rings. The number of hydrogen-bond donors (Lipinski definition) is 2. The molecule has 0 saturated carbocycles. The molecule has 162 valence electrons. The van der Waals surface area contributed by atoms with Crippen LogP contribution in [0.15, 0.2) is 18.2 Å². The number of nitrogens with zero attached hydrogens (tertiary/aromatic N) is 2. The first-order valence-corrected chi connectivity index (χ1v) is 11.1. The van der Waals surface area contributed by atoms with Gasteiger partial charge in [-0.05, 0) is 75.5 Å². The van der Waals surface area contributed by atoms with E-state index in [0.29, 0.717) is 16.8 Å². The standard InChI is InChI=1S/C24H27FN4O2/c1-15-21(14-18-17-13-16(25)6-7-19(17)27-23(18)30)26-20-5-4-10-29(24(31)22(15)20)12-11-28-8-2-3-9-28/h6-7,13-14,26H,2-5,8-12H2,1H3,(H,27,30). The summed E-state index contributed by atoms with van der Waals surface area (Å²) in [7, 11) is 0. The Bertz CT molecular complexity index is 1080. The van der Waals surface area contributed by atoms with E-state index in [9.17, 15) is 14.0 Å². The number of amides is 2. The number of likely N-dealkylation sites (tertiary alicyclic amines) is 1. The fourth-order valence-electron chi connectivity index (χ4n) is 4.94. The van der Waals surface area contributed by atoms with Crippen molar-refractivity contribution in [3.8, 4) is 0 Å². The molecule has 3 aliphatic rings. The Labute approximate surface area is 181 Å². The van der Waals surface area contributed by atoms with Crippen LogP contribution < -0.4 is 5.32 Å². The van der Waals surface area contributed by atoms with Crippen LogP contribution in [0.4, 0.5) is 10.1 Å². The molecular formula is C24H27FN4O2. The number of hydrogen-bond acceptors (Lipinski definition) is 3. The van der Waals surface area contributed by atoms with Crippen LogP contribution >= 0.6 is 0 Å². The maximum Gasteiger partial charge on any atom is 0.256 e. The second-order valence-corrected chi connectivity index (χ2v) is 8.66. The molecule has 4 heterocycles. The highest BCUT2D eigenvalue weighted by atomic mass is 19.1. The van der Waals surface area contributed by atoms with Crippen molar-refractivity contribution in [3.05, 3.63) is 52.1 Å². The number of fused-ring (bicyclic) bond motifs is 2. The van der Waals surface area contributed by atoms with Gasteiger partial charge in [0, 0.05) is 42.3 Å². The van der Waals surface area contributed by atoms with Gasteiger partial charge in [0.1, 0.15) is 5.82 Å². The summed E-state index contributed by atoms with van der Waals surface area (Å²) in [6.45, 7) is 6.60. The summed E-state index contributed by atoms with van der Waals surface area (Å²) in [5.41, 5.74) is 4.80. The van der Waals surface area contributed by atoms with Crippen molar-refractivity contribution >= 4 is 29.2 Å². The average Bonchev–Trinajstić information content (AvgIpc) is 3.41. The monoisotopic (exact) mass is 422 g/mol. The van der Waals surface area contributed by atoms with E-state index in [-0.39, 0.29) is 17.6 Å². The maximum atomic E-state index is 13.8. The minimum atomic E-state index is -0.385. The molecule has 1 saturated heterocycles. The van der Waals surface area contributed by atoms with Crippen LogP contribution in [0.2, 0.25) is 0 Å². The molecule has 7 heteroatoms. The first-order valence-electron chi connectivity index (χ1n) is 11.1. The zero-order chi connectivity index (χ0) is 21.5. The number of rotatable bonds is 4. The molecule has 3 aliphatic heterocycles. The molecule has 31 heavy (non-hydrogen) atoms. The summed E-state index contributed by atoms with van der Waals surface area (Å²) in [6, 6.07) is 4.27. The lowest BCUT2D eigenvalue weighted by molar-refractivity contribution is -0.110. The predicted molar refractivity (Wildman–Crippen MR) is 118 cm³/mol. The number of aromatic nitrogens is 1. The van der Waals surface area contributed by atoms with E-state index >= 15 is 0 Å². The molecule has 2 amide bonds. The van der Waals surface area contributed by atoms with Gasteiger partial charge in [0.25, 0.3) is 11.8 Å². The van der Waals surface area contributed by atoms with Gasteiger partial charge in [0.2, 0.25) is 0 Å². The van der Waals surface area contributed by atoms with E-state index in [1.807, 2.05) is 11.8 Å². The highest BCUT2D eigenvalue weighted by Gasteiger charge is 2.29. The molecule has 0 spiro atoms. The topological polar surface area (TPSA) is 68.4 Å². The Hall–Kier alpha value is -2.93. The molecule has 2 N–H and O–H groups in total. The van der Waals surface area contributed by atoms with Crippen molar-refractivity contribution in [2.24, 2.45) is 0 Å². The number of carbonyl (C=O) groups is 2. The zero-order valence-corrected chi connectivity index (χ0v) is 17.8. The lowest BCUT2D eigenvalue weighted by Gasteiger charge is -2.24.